The Balaban J connectivity index is 1.84. The van der Waals surface area contributed by atoms with Crippen molar-refractivity contribution < 1.29 is 14.3 Å². The van der Waals surface area contributed by atoms with Crippen molar-refractivity contribution in [3.8, 4) is 11.5 Å². The number of carbonyl (C=O) groups is 1. The molecule has 0 saturated heterocycles. The summed E-state index contributed by atoms with van der Waals surface area (Å²) in [5.74, 6) is 1.75. The van der Waals surface area contributed by atoms with Gasteiger partial charge >= 0.3 is 0 Å². The monoisotopic (exact) mass is 327 g/mol. The lowest BCUT2D eigenvalue weighted by atomic mass is 9.99. The van der Waals surface area contributed by atoms with Crippen LogP contribution in [0.1, 0.15) is 43.9 Å². The zero-order valence-corrected chi connectivity index (χ0v) is 14.7. The molecule has 0 spiro atoms. The van der Waals surface area contributed by atoms with E-state index < -0.39 is 0 Å². The first-order valence-electron chi connectivity index (χ1n) is 8.15. The van der Waals surface area contributed by atoms with Crippen LogP contribution >= 0.6 is 0 Å². The molecule has 4 heteroatoms. The number of hydrogen-bond acceptors (Lipinski definition) is 3. The Morgan fingerprint density at radius 3 is 2.00 bits per heavy atom. The third-order valence-corrected chi connectivity index (χ3v) is 3.91. The molecule has 0 radical (unpaired) electrons. The molecule has 0 aliphatic heterocycles. The number of methoxy groups -OCH3 is 1. The second-order valence-corrected chi connectivity index (χ2v) is 6.07. The van der Waals surface area contributed by atoms with Gasteiger partial charge in [-0.1, -0.05) is 38.1 Å². The highest BCUT2D eigenvalue weighted by molar-refractivity contribution is 5.78. The van der Waals surface area contributed by atoms with E-state index in [2.05, 4.69) is 43.4 Å². The van der Waals surface area contributed by atoms with Gasteiger partial charge in [0.25, 0.3) is 5.91 Å². The number of rotatable bonds is 7. The van der Waals surface area contributed by atoms with Crippen molar-refractivity contribution in [2.45, 2.75) is 32.7 Å². The van der Waals surface area contributed by atoms with E-state index in [9.17, 15) is 4.79 Å². The van der Waals surface area contributed by atoms with Crippen molar-refractivity contribution in [1.29, 1.82) is 0 Å². The molecule has 128 valence electrons. The van der Waals surface area contributed by atoms with Gasteiger partial charge in [-0.3, -0.25) is 4.79 Å². The molecular weight excluding hydrogens is 302 g/mol. The zero-order valence-electron chi connectivity index (χ0n) is 14.7. The van der Waals surface area contributed by atoms with E-state index in [1.54, 1.807) is 31.4 Å². The van der Waals surface area contributed by atoms with Crippen LogP contribution in [0.15, 0.2) is 48.5 Å². The second kappa shape index (κ2) is 8.39. The summed E-state index contributed by atoms with van der Waals surface area (Å²) >= 11 is 0. The van der Waals surface area contributed by atoms with Gasteiger partial charge in [0.2, 0.25) is 0 Å². The van der Waals surface area contributed by atoms with E-state index in [1.165, 1.54) is 5.56 Å². The predicted octanol–water partition coefficient (Wildman–Crippen LogP) is 4.07. The molecule has 0 heterocycles. The summed E-state index contributed by atoms with van der Waals surface area (Å²) in [7, 11) is 1.61. The molecule has 1 atom stereocenters. The molecule has 2 rings (SSSR count). The van der Waals surface area contributed by atoms with Gasteiger partial charge in [0.1, 0.15) is 11.5 Å². The van der Waals surface area contributed by atoms with E-state index >= 15 is 0 Å². The lowest BCUT2D eigenvalue weighted by molar-refractivity contribution is -0.123. The summed E-state index contributed by atoms with van der Waals surface area (Å²) in [6.45, 7) is 6.28. The molecule has 0 saturated carbocycles. The van der Waals surface area contributed by atoms with Crippen LogP contribution in [0.5, 0.6) is 11.5 Å². The molecule has 0 bridgehead atoms. The highest BCUT2D eigenvalue weighted by Crippen LogP contribution is 2.19. The Labute approximate surface area is 143 Å². The first-order chi connectivity index (χ1) is 11.5. The van der Waals surface area contributed by atoms with E-state index in [0.29, 0.717) is 11.7 Å². The maximum absolute atomic E-state index is 12.0. The number of ether oxygens (including phenoxy) is 2. The third kappa shape index (κ3) is 5.01. The maximum atomic E-state index is 12.0. The van der Waals surface area contributed by atoms with Gasteiger partial charge in [0.05, 0.1) is 13.2 Å². The lowest BCUT2D eigenvalue weighted by Gasteiger charge is -2.16. The van der Waals surface area contributed by atoms with Gasteiger partial charge in [-0.15, -0.1) is 0 Å². The van der Waals surface area contributed by atoms with Gasteiger partial charge in [-0.25, -0.2) is 0 Å². The van der Waals surface area contributed by atoms with Crippen LogP contribution in [-0.4, -0.2) is 19.6 Å². The minimum atomic E-state index is -0.147. The highest BCUT2D eigenvalue weighted by atomic mass is 16.5. The molecule has 24 heavy (non-hydrogen) atoms. The van der Waals surface area contributed by atoms with E-state index in [1.807, 2.05) is 6.92 Å². The highest BCUT2D eigenvalue weighted by Gasteiger charge is 2.10. The van der Waals surface area contributed by atoms with Crippen molar-refractivity contribution in [2.24, 2.45) is 0 Å². The quantitative estimate of drug-likeness (QED) is 0.834. The van der Waals surface area contributed by atoms with Gasteiger partial charge in [-0.05, 0) is 48.2 Å². The summed E-state index contributed by atoms with van der Waals surface area (Å²) in [5, 5.41) is 2.95. The van der Waals surface area contributed by atoms with Crippen molar-refractivity contribution in [3.05, 3.63) is 59.7 Å². The van der Waals surface area contributed by atoms with Crippen LogP contribution in [0.25, 0.3) is 0 Å². The molecule has 0 aliphatic carbocycles. The number of hydrogen-bond donors (Lipinski definition) is 1. The predicted molar refractivity (Wildman–Crippen MR) is 95.6 cm³/mol. The molecule has 2 aromatic carbocycles. The summed E-state index contributed by atoms with van der Waals surface area (Å²) in [6, 6.07) is 15.4. The summed E-state index contributed by atoms with van der Waals surface area (Å²) in [6.07, 6.45) is 0. The van der Waals surface area contributed by atoms with Crippen LogP contribution in [0, 0.1) is 0 Å². The van der Waals surface area contributed by atoms with Gasteiger partial charge in [-0.2, -0.15) is 0 Å². The SMILES string of the molecule is COc1ccc(OCC(=O)NC(C)c2ccc(C(C)C)cc2)cc1. The van der Waals surface area contributed by atoms with Crippen LogP contribution in [-0.2, 0) is 4.79 Å². The minimum absolute atomic E-state index is 0.0131. The Morgan fingerprint density at radius 1 is 0.917 bits per heavy atom. The Hall–Kier alpha value is -2.49. The average Bonchev–Trinajstić information content (AvgIpc) is 2.60. The Morgan fingerprint density at radius 2 is 1.46 bits per heavy atom. The molecule has 1 N–H and O–H groups in total. The maximum Gasteiger partial charge on any atom is 0.258 e. The van der Waals surface area contributed by atoms with Crippen LogP contribution in [0.2, 0.25) is 0 Å². The number of nitrogens with one attached hydrogen (secondary N) is 1. The standard InChI is InChI=1S/C20H25NO3/c1-14(2)16-5-7-17(8-6-16)15(3)21-20(22)13-24-19-11-9-18(23-4)10-12-19/h5-12,14-15H,13H2,1-4H3,(H,21,22). The molecule has 0 fully saturated rings. The van der Waals surface area contributed by atoms with E-state index in [4.69, 9.17) is 9.47 Å². The molecular formula is C20H25NO3. The smallest absolute Gasteiger partial charge is 0.258 e. The fourth-order valence-corrected chi connectivity index (χ4v) is 2.36. The first-order valence-corrected chi connectivity index (χ1v) is 8.15. The fourth-order valence-electron chi connectivity index (χ4n) is 2.36. The van der Waals surface area contributed by atoms with Gasteiger partial charge in [0, 0.05) is 0 Å². The lowest BCUT2D eigenvalue weighted by Crippen LogP contribution is -2.31. The van der Waals surface area contributed by atoms with Crippen LogP contribution in [0.3, 0.4) is 0 Å². The number of amides is 1. The number of benzene rings is 2. The molecule has 1 unspecified atom stereocenters. The van der Waals surface area contributed by atoms with Crippen LogP contribution < -0.4 is 14.8 Å². The average molecular weight is 327 g/mol. The van der Waals surface area contributed by atoms with Crippen molar-refractivity contribution >= 4 is 5.91 Å². The first kappa shape index (κ1) is 17.9. The normalized spacial score (nSPS) is 11.9. The zero-order chi connectivity index (χ0) is 17.5. The van der Waals surface area contributed by atoms with Crippen molar-refractivity contribution in [2.75, 3.05) is 13.7 Å². The van der Waals surface area contributed by atoms with Gasteiger partial charge < -0.3 is 14.8 Å². The second-order valence-electron chi connectivity index (χ2n) is 6.07. The number of carbonyl (C=O) groups excluding carboxylic acids is 1. The van der Waals surface area contributed by atoms with Crippen LogP contribution in [0.4, 0.5) is 0 Å². The Bertz CT molecular complexity index is 648. The topological polar surface area (TPSA) is 47.6 Å². The summed E-state index contributed by atoms with van der Waals surface area (Å²) in [5.41, 5.74) is 2.37. The fraction of sp³-hybridized carbons (Fsp3) is 0.350. The molecule has 1 amide bonds. The van der Waals surface area contributed by atoms with Crippen molar-refractivity contribution in [3.63, 3.8) is 0 Å². The summed E-state index contributed by atoms with van der Waals surface area (Å²) < 4.78 is 10.6. The third-order valence-electron chi connectivity index (χ3n) is 3.91. The molecule has 0 aliphatic rings. The molecule has 0 aromatic heterocycles. The van der Waals surface area contributed by atoms with E-state index in [-0.39, 0.29) is 18.6 Å². The van der Waals surface area contributed by atoms with Gasteiger partial charge in [0.15, 0.2) is 6.61 Å². The minimum Gasteiger partial charge on any atom is -0.497 e. The molecule has 4 nitrogen and oxygen atoms in total. The largest absolute Gasteiger partial charge is 0.497 e. The van der Waals surface area contributed by atoms with E-state index in [0.717, 1.165) is 11.3 Å². The Kier molecular flexibility index (Phi) is 6.24. The molecule has 2 aromatic rings. The van der Waals surface area contributed by atoms with Crippen molar-refractivity contribution in [1.82, 2.24) is 5.32 Å². The summed E-state index contributed by atoms with van der Waals surface area (Å²) in [4.78, 5) is 12.0.